The first-order valence-corrected chi connectivity index (χ1v) is 14.0. The smallest absolute Gasteiger partial charge is 0.307 e. The van der Waals surface area contributed by atoms with E-state index in [2.05, 4.69) is 0 Å². The third-order valence-electron chi connectivity index (χ3n) is 6.42. The fourth-order valence-electron chi connectivity index (χ4n) is 4.20. The van der Waals surface area contributed by atoms with Crippen molar-refractivity contribution in [3.05, 3.63) is 131 Å². The third kappa shape index (κ3) is 7.91. The molecule has 2 amide bonds. The van der Waals surface area contributed by atoms with E-state index in [4.69, 9.17) is 0 Å². The number of thioether (sulfide) groups is 1. The highest BCUT2D eigenvalue weighted by molar-refractivity contribution is 7.98. The Morgan fingerprint density at radius 2 is 1.41 bits per heavy atom. The van der Waals surface area contributed by atoms with E-state index in [0.717, 1.165) is 27.8 Å². The molecular formula is C33H31NO4S. The molecule has 0 bridgehead atoms. The molecule has 1 atom stereocenters. The van der Waals surface area contributed by atoms with Crippen LogP contribution in [-0.2, 0) is 21.9 Å². The van der Waals surface area contributed by atoms with E-state index in [9.17, 15) is 19.5 Å². The first-order valence-electron chi connectivity index (χ1n) is 12.8. The zero-order valence-electron chi connectivity index (χ0n) is 21.8. The van der Waals surface area contributed by atoms with Gasteiger partial charge in [0, 0.05) is 23.5 Å². The molecule has 0 unspecified atom stereocenters. The van der Waals surface area contributed by atoms with E-state index in [-0.39, 0.29) is 18.7 Å². The van der Waals surface area contributed by atoms with Gasteiger partial charge in [0.25, 0.3) is 5.91 Å². The van der Waals surface area contributed by atoms with Crippen molar-refractivity contribution < 1.29 is 19.5 Å². The van der Waals surface area contributed by atoms with Gasteiger partial charge < -0.3 is 5.11 Å². The average Bonchev–Trinajstić information content (AvgIpc) is 2.97. The van der Waals surface area contributed by atoms with Gasteiger partial charge >= 0.3 is 5.97 Å². The van der Waals surface area contributed by atoms with Crippen molar-refractivity contribution in [2.75, 3.05) is 5.75 Å². The number of carboxylic acids is 1. The molecule has 0 aromatic heterocycles. The van der Waals surface area contributed by atoms with Gasteiger partial charge in [-0.05, 0) is 41.3 Å². The van der Waals surface area contributed by atoms with Crippen LogP contribution in [-0.4, -0.2) is 33.5 Å². The summed E-state index contributed by atoms with van der Waals surface area (Å²) in [6.07, 6.45) is -0.257. The number of carbonyl (C=O) groups excluding carboxylic acids is 2. The Morgan fingerprint density at radius 1 is 0.769 bits per heavy atom. The lowest BCUT2D eigenvalue weighted by atomic mass is 10.0. The lowest BCUT2D eigenvalue weighted by Gasteiger charge is -2.23. The van der Waals surface area contributed by atoms with Crippen molar-refractivity contribution in [3.63, 3.8) is 0 Å². The molecule has 0 radical (unpaired) electrons. The van der Waals surface area contributed by atoms with Gasteiger partial charge in [0.15, 0.2) is 0 Å². The number of hydrogen-bond donors (Lipinski definition) is 1. The molecule has 5 nitrogen and oxygen atoms in total. The molecule has 0 aliphatic carbocycles. The average molecular weight is 538 g/mol. The molecule has 4 rings (SSSR count). The summed E-state index contributed by atoms with van der Waals surface area (Å²) in [7, 11) is 0. The molecule has 6 heteroatoms. The highest BCUT2D eigenvalue weighted by atomic mass is 32.2. The highest BCUT2D eigenvalue weighted by Crippen LogP contribution is 2.23. The van der Waals surface area contributed by atoms with Crippen LogP contribution >= 0.6 is 11.8 Å². The molecule has 0 aliphatic rings. The summed E-state index contributed by atoms with van der Waals surface area (Å²) in [6, 6.07) is 34.3. The lowest BCUT2D eigenvalue weighted by molar-refractivity contribution is -0.144. The number of carbonyl (C=O) groups is 3. The van der Waals surface area contributed by atoms with E-state index >= 15 is 0 Å². The third-order valence-corrected chi connectivity index (χ3v) is 7.60. The van der Waals surface area contributed by atoms with Crippen molar-refractivity contribution >= 4 is 29.5 Å². The minimum Gasteiger partial charge on any atom is -0.481 e. The van der Waals surface area contributed by atoms with Crippen molar-refractivity contribution in [2.45, 2.75) is 25.6 Å². The zero-order chi connectivity index (χ0) is 27.6. The van der Waals surface area contributed by atoms with Gasteiger partial charge in [-0.25, -0.2) is 0 Å². The van der Waals surface area contributed by atoms with Gasteiger partial charge in [-0.15, -0.1) is 0 Å². The van der Waals surface area contributed by atoms with Crippen LogP contribution in [0.1, 0.15) is 33.5 Å². The standard InChI is InChI=1S/C33H31NO4S/c1-24-15-17-25(18-16-24)21-34(32(36)29-14-8-13-28(19-29)27-11-6-3-7-12-27)31(35)20-30(33(37)38)23-39-22-26-9-4-2-5-10-26/h2-19,30H,20-23H2,1H3,(H,37,38)/t30-/m0/s1. The summed E-state index contributed by atoms with van der Waals surface area (Å²) >= 11 is 1.47. The fourth-order valence-corrected chi connectivity index (χ4v) is 5.29. The molecule has 198 valence electrons. The maximum absolute atomic E-state index is 13.7. The van der Waals surface area contributed by atoms with Crippen LogP contribution in [0.25, 0.3) is 11.1 Å². The van der Waals surface area contributed by atoms with Crippen molar-refractivity contribution in [2.24, 2.45) is 5.92 Å². The Bertz CT molecular complexity index is 1400. The van der Waals surface area contributed by atoms with E-state index < -0.39 is 23.7 Å². The van der Waals surface area contributed by atoms with Gasteiger partial charge in [0.1, 0.15) is 0 Å². The molecule has 39 heavy (non-hydrogen) atoms. The number of carboxylic acid groups (broad SMARTS) is 1. The van der Waals surface area contributed by atoms with Crippen LogP contribution in [0.15, 0.2) is 109 Å². The number of rotatable bonds is 11. The molecule has 0 fully saturated rings. The Balaban J connectivity index is 1.54. The Kier molecular flexibility index (Phi) is 9.70. The van der Waals surface area contributed by atoms with Gasteiger partial charge in [0.05, 0.1) is 12.5 Å². The van der Waals surface area contributed by atoms with Crippen LogP contribution in [0.3, 0.4) is 0 Å². The maximum atomic E-state index is 13.7. The minimum atomic E-state index is -1.04. The second-order valence-corrected chi connectivity index (χ2v) is 10.5. The molecule has 0 saturated heterocycles. The van der Waals surface area contributed by atoms with Crippen LogP contribution in [0.5, 0.6) is 0 Å². The van der Waals surface area contributed by atoms with Crippen molar-refractivity contribution in [1.29, 1.82) is 0 Å². The fraction of sp³-hybridized carbons (Fsp3) is 0.182. The van der Waals surface area contributed by atoms with Crippen molar-refractivity contribution in [3.8, 4) is 11.1 Å². The highest BCUT2D eigenvalue weighted by Gasteiger charge is 2.29. The Morgan fingerprint density at radius 3 is 2.08 bits per heavy atom. The molecule has 0 aliphatic heterocycles. The minimum absolute atomic E-state index is 0.0665. The molecule has 0 spiro atoms. The topological polar surface area (TPSA) is 74.7 Å². The van der Waals surface area contributed by atoms with Gasteiger partial charge in [0.2, 0.25) is 5.91 Å². The van der Waals surface area contributed by atoms with Crippen molar-refractivity contribution in [1.82, 2.24) is 4.90 Å². The summed E-state index contributed by atoms with van der Waals surface area (Å²) in [5.74, 6) is -1.98. The first kappa shape index (κ1) is 27.9. The van der Waals surface area contributed by atoms with Gasteiger partial charge in [-0.2, -0.15) is 11.8 Å². The number of nitrogens with zero attached hydrogens (tertiary/aromatic N) is 1. The predicted molar refractivity (Wildman–Crippen MR) is 156 cm³/mol. The molecule has 1 N–H and O–H groups in total. The van der Waals surface area contributed by atoms with E-state index in [1.54, 1.807) is 18.2 Å². The second-order valence-electron chi connectivity index (χ2n) is 9.46. The van der Waals surface area contributed by atoms with E-state index in [0.29, 0.717) is 11.3 Å². The predicted octanol–water partition coefficient (Wildman–Crippen LogP) is 6.86. The first-order chi connectivity index (χ1) is 18.9. The number of amides is 2. The Hall–Kier alpha value is -4.16. The molecule has 4 aromatic rings. The zero-order valence-corrected chi connectivity index (χ0v) is 22.6. The van der Waals surface area contributed by atoms with E-state index in [1.807, 2.05) is 97.9 Å². The molecule has 0 heterocycles. The summed E-state index contributed by atoms with van der Waals surface area (Å²) in [5.41, 5.74) is 5.16. The quantitative estimate of drug-likeness (QED) is 0.226. The largest absolute Gasteiger partial charge is 0.481 e. The molecule has 0 saturated carbocycles. The summed E-state index contributed by atoms with van der Waals surface area (Å²) in [5, 5.41) is 9.87. The number of aryl methyl sites for hydroxylation is 1. The Labute approximate surface area is 233 Å². The van der Waals surface area contributed by atoms with E-state index in [1.165, 1.54) is 16.7 Å². The van der Waals surface area contributed by atoms with Crippen LogP contribution in [0, 0.1) is 12.8 Å². The SMILES string of the molecule is Cc1ccc(CN(C(=O)C[C@@H](CSCc2ccccc2)C(=O)O)C(=O)c2cccc(-c3ccccc3)c2)cc1. The summed E-state index contributed by atoms with van der Waals surface area (Å²) < 4.78 is 0. The van der Waals surface area contributed by atoms with Crippen LogP contribution < -0.4 is 0 Å². The summed E-state index contributed by atoms with van der Waals surface area (Å²) in [4.78, 5) is 40.6. The molecular weight excluding hydrogens is 506 g/mol. The van der Waals surface area contributed by atoms with Crippen LogP contribution in [0.2, 0.25) is 0 Å². The molecule has 4 aromatic carbocycles. The number of benzene rings is 4. The summed E-state index contributed by atoms with van der Waals surface area (Å²) in [6.45, 7) is 2.04. The van der Waals surface area contributed by atoms with Gasteiger partial charge in [-0.3, -0.25) is 19.3 Å². The van der Waals surface area contributed by atoms with Gasteiger partial charge in [-0.1, -0.05) is 103 Å². The number of aliphatic carboxylic acids is 1. The maximum Gasteiger partial charge on any atom is 0.307 e. The number of imide groups is 1. The lowest BCUT2D eigenvalue weighted by Crippen LogP contribution is -2.38. The monoisotopic (exact) mass is 537 g/mol. The van der Waals surface area contributed by atoms with Crippen LogP contribution in [0.4, 0.5) is 0 Å². The number of hydrogen-bond acceptors (Lipinski definition) is 4. The normalized spacial score (nSPS) is 11.5. The second kappa shape index (κ2) is 13.6.